The number of allylic oxidation sites excluding steroid dienone is 4. The van der Waals surface area contributed by atoms with Crippen LogP contribution in [0.1, 0.15) is 98.3 Å². The normalized spacial score (nSPS) is 32.3. The third kappa shape index (κ3) is 6.01. The van der Waals surface area contributed by atoms with E-state index in [-0.39, 0.29) is 12.2 Å². The van der Waals surface area contributed by atoms with Crippen LogP contribution < -0.4 is 0 Å². The number of ether oxygens (including phenoxy) is 1. The van der Waals surface area contributed by atoms with Crippen LogP contribution in [-0.4, -0.2) is 21.7 Å². The lowest BCUT2D eigenvalue weighted by molar-refractivity contribution is 0.0903. The van der Waals surface area contributed by atoms with Crippen molar-refractivity contribution in [3.05, 3.63) is 54.2 Å². The maximum Gasteiger partial charge on any atom is 0.419 e. The SMILES string of the molecule is C=C1CC[C@H](OC(=O)n2ccnc2)C/C1=C/C=C1\CCC[C@]2(C)[C@@H]([C@H](C)CCCC(C)C)CC[C@@H]12. The minimum absolute atomic E-state index is 0.0979. The molecule has 192 valence electrons. The van der Waals surface area contributed by atoms with Crippen molar-refractivity contribution < 1.29 is 9.53 Å². The van der Waals surface area contributed by atoms with Crippen molar-refractivity contribution >= 4 is 6.09 Å². The Morgan fingerprint density at radius 3 is 2.80 bits per heavy atom. The lowest BCUT2D eigenvalue weighted by atomic mass is 9.60. The first-order valence-corrected chi connectivity index (χ1v) is 14.0. The first-order chi connectivity index (χ1) is 16.8. The summed E-state index contributed by atoms with van der Waals surface area (Å²) in [5, 5.41) is 0. The van der Waals surface area contributed by atoms with Crippen LogP contribution in [0.3, 0.4) is 0 Å². The smallest absolute Gasteiger partial charge is 0.419 e. The summed E-state index contributed by atoms with van der Waals surface area (Å²) in [5.41, 5.74) is 4.54. The number of carbonyl (C=O) groups is 1. The highest BCUT2D eigenvalue weighted by atomic mass is 16.6. The molecule has 0 amide bonds. The average Bonchev–Trinajstić information content (AvgIpc) is 3.47. The van der Waals surface area contributed by atoms with Gasteiger partial charge < -0.3 is 4.74 Å². The summed E-state index contributed by atoms with van der Waals surface area (Å²) < 4.78 is 7.16. The molecular formula is C31H46N2O2. The molecule has 5 atom stereocenters. The van der Waals surface area contributed by atoms with E-state index < -0.39 is 0 Å². The largest absolute Gasteiger partial charge is 0.445 e. The molecule has 4 nitrogen and oxygen atoms in total. The molecular weight excluding hydrogens is 432 g/mol. The fraction of sp³-hybridized carbons (Fsp3) is 0.677. The second kappa shape index (κ2) is 11.3. The summed E-state index contributed by atoms with van der Waals surface area (Å²) >= 11 is 0. The molecule has 35 heavy (non-hydrogen) atoms. The maximum absolute atomic E-state index is 12.4. The van der Waals surface area contributed by atoms with Crippen LogP contribution in [0, 0.1) is 29.1 Å². The number of rotatable bonds is 7. The fourth-order valence-electron chi connectivity index (χ4n) is 7.32. The van der Waals surface area contributed by atoms with E-state index in [0.717, 1.165) is 42.9 Å². The topological polar surface area (TPSA) is 44.1 Å². The van der Waals surface area contributed by atoms with Gasteiger partial charge in [0.2, 0.25) is 0 Å². The van der Waals surface area contributed by atoms with Crippen LogP contribution in [-0.2, 0) is 4.74 Å². The van der Waals surface area contributed by atoms with Gasteiger partial charge in [-0.3, -0.25) is 0 Å². The molecule has 1 aromatic rings. The summed E-state index contributed by atoms with van der Waals surface area (Å²) in [4.78, 5) is 16.3. The lowest BCUT2D eigenvalue weighted by Gasteiger charge is -2.44. The van der Waals surface area contributed by atoms with Gasteiger partial charge in [0.25, 0.3) is 0 Å². The standard InChI is InChI=1S/C31H46N2O2/c1-22(2)8-6-9-24(4)28-15-16-29-25(10-7-17-31(28,29)5)12-13-26-20-27(14-11-23(26)3)35-30(34)33-19-18-32-21-33/h12-13,18-19,21-22,24,27-29H,3,6-11,14-17,20H2,1-2,4-5H3/b25-12+,26-13-/t24-,27+,28-,29+,31-/m1/s1. The van der Waals surface area contributed by atoms with Gasteiger partial charge in [0.15, 0.2) is 0 Å². The number of hydrogen-bond acceptors (Lipinski definition) is 3. The summed E-state index contributed by atoms with van der Waals surface area (Å²) in [5.74, 6) is 3.21. The fourth-order valence-corrected chi connectivity index (χ4v) is 7.32. The van der Waals surface area contributed by atoms with E-state index in [1.165, 1.54) is 73.4 Å². The first kappa shape index (κ1) is 26.0. The number of hydrogen-bond donors (Lipinski definition) is 0. The zero-order valence-corrected chi connectivity index (χ0v) is 22.5. The highest BCUT2D eigenvalue weighted by Crippen LogP contribution is 2.60. The Bertz CT molecular complexity index is 941. The highest BCUT2D eigenvalue weighted by Gasteiger charge is 2.50. The van der Waals surface area contributed by atoms with Crippen molar-refractivity contribution in [1.29, 1.82) is 0 Å². The molecule has 0 aliphatic heterocycles. The van der Waals surface area contributed by atoms with E-state index in [1.807, 2.05) is 0 Å². The molecule has 0 spiro atoms. The summed E-state index contributed by atoms with van der Waals surface area (Å²) in [6, 6.07) is 0. The molecule has 0 radical (unpaired) electrons. The molecule has 0 N–H and O–H groups in total. The molecule has 1 aromatic heterocycles. The molecule has 1 heterocycles. The predicted molar refractivity (Wildman–Crippen MR) is 143 cm³/mol. The summed E-state index contributed by atoms with van der Waals surface area (Å²) in [6.45, 7) is 14.1. The third-order valence-corrected chi connectivity index (χ3v) is 9.32. The minimum Gasteiger partial charge on any atom is -0.445 e. The quantitative estimate of drug-likeness (QED) is 0.394. The van der Waals surface area contributed by atoms with Gasteiger partial charge in [-0.2, -0.15) is 0 Å². The van der Waals surface area contributed by atoms with Crippen LogP contribution in [0.2, 0.25) is 0 Å². The number of fused-ring (bicyclic) bond motifs is 1. The Labute approximate surface area is 212 Å². The molecule has 0 aromatic carbocycles. The Hall–Kier alpha value is -2.10. The highest BCUT2D eigenvalue weighted by molar-refractivity contribution is 5.70. The molecule has 3 aliphatic carbocycles. The van der Waals surface area contributed by atoms with Gasteiger partial charge in [-0.25, -0.2) is 14.3 Å². The van der Waals surface area contributed by atoms with Crippen molar-refractivity contribution in [2.24, 2.45) is 29.1 Å². The van der Waals surface area contributed by atoms with Crippen LogP contribution in [0.4, 0.5) is 4.79 Å². The molecule has 4 heteroatoms. The minimum atomic E-state index is -0.347. The maximum atomic E-state index is 12.4. The molecule has 0 bridgehead atoms. The Morgan fingerprint density at radius 1 is 1.23 bits per heavy atom. The molecule has 3 fully saturated rings. The van der Waals surface area contributed by atoms with Crippen molar-refractivity contribution in [2.45, 2.75) is 104 Å². The van der Waals surface area contributed by atoms with E-state index in [4.69, 9.17) is 4.74 Å². The summed E-state index contributed by atoms with van der Waals surface area (Å²) in [6.07, 6.45) is 22.2. The first-order valence-electron chi connectivity index (χ1n) is 14.0. The Kier molecular flexibility index (Phi) is 8.39. The van der Waals surface area contributed by atoms with Crippen LogP contribution >= 0.6 is 0 Å². The van der Waals surface area contributed by atoms with Gasteiger partial charge in [-0.15, -0.1) is 0 Å². The Balaban J connectivity index is 1.41. The van der Waals surface area contributed by atoms with Crippen LogP contribution in [0.25, 0.3) is 0 Å². The zero-order chi connectivity index (χ0) is 25.0. The van der Waals surface area contributed by atoms with Crippen LogP contribution in [0.5, 0.6) is 0 Å². The second-order valence-corrected chi connectivity index (χ2v) is 12.2. The van der Waals surface area contributed by atoms with Crippen LogP contribution in [0.15, 0.2) is 54.2 Å². The van der Waals surface area contributed by atoms with Gasteiger partial charge in [-0.1, -0.05) is 76.8 Å². The van der Waals surface area contributed by atoms with Crippen molar-refractivity contribution in [1.82, 2.24) is 9.55 Å². The molecule has 4 rings (SSSR count). The third-order valence-electron chi connectivity index (χ3n) is 9.32. The number of carbonyl (C=O) groups excluding carboxylic acids is 1. The molecule has 3 saturated carbocycles. The molecule has 0 unspecified atom stereocenters. The van der Waals surface area contributed by atoms with Crippen molar-refractivity contribution in [3.8, 4) is 0 Å². The summed E-state index contributed by atoms with van der Waals surface area (Å²) in [7, 11) is 0. The van der Waals surface area contributed by atoms with E-state index in [1.54, 1.807) is 18.0 Å². The molecule has 3 aliphatic rings. The van der Waals surface area contributed by atoms with E-state index in [0.29, 0.717) is 5.41 Å². The Morgan fingerprint density at radius 2 is 2.06 bits per heavy atom. The van der Waals surface area contributed by atoms with Crippen molar-refractivity contribution in [3.63, 3.8) is 0 Å². The van der Waals surface area contributed by atoms with Gasteiger partial charge in [0.05, 0.1) is 0 Å². The molecule has 0 saturated heterocycles. The van der Waals surface area contributed by atoms with E-state index in [2.05, 4.69) is 51.4 Å². The number of imidazole rings is 1. The van der Waals surface area contributed by atoms with Gasteiger partial charge >= 0.3 is 6.09 Å². The second-order valence-electron chi connectivity index (χ2n) is 12.2. The average molecular weight is 479 g/mol. The monoisotopic (exact) mass is 478 g/mol. The zero-order valence-electron chi connectivity index (χ0n) is 22.5. The van der Waals surface area contributed by atoms with E-state index >= 15 is 0 Å². The van der Waals surface area contributed by atoms with Gasteiger partial charge in [0, 0.05) is 18.8 Å². The number of aromatic nitrogens is 2. The number of nitrogens with zero attached hydrogens (tertiary/aromatic N) is 2. The van der Waals surface area contributed by atoms with Gasteiger partial charge in [0.1, 0.15) is 12.4 Å². The van der Waals surface area contributed by atoms with Gasteiger partial charge in [-0.05, 0) is 79.6 Å². The van der Waals surface area contributed by atoms with Crippen molar-refractivity contribution in [2.75, 3.05) is 0 Å². The lowest BCUT2D eigenvalue weighted by Crippen LogP contribution is -2.36. The predicted octanol–water partition coefficient (Wildman–Crippen LogP) is 8.51. The van der Waals surface area contributed by atoms with E-state index in [9.17, 15) is 4.79 Å².